The van der Waals surface area contributed by atoms with Crippen LogP contribution >= 0.6 is 39.1 Å². The number of aromatic nitrogens is 1. The van der Waals surface area contributed by atoms with Crippen LogP contribution in [0.25, 0.3) is 0 Å². The highest BCUT2D eigenvalue weighted by Crippen LogP contribution is 2.31. The molecule has 2 aromatic rings. The summed E-state index contributed by atoms with van der Waals surface area (Å²) in [7, 11) is 0. The lowest BCUT2D eigenvalue weighted by Crippen LogP contribution is -2.12. The molecule has 7 heteroatoms. The fraction of sp³-hybridized carbons (Fsp3) is 0. The van der Waals surface area contributed by atoms with Gasteiger partial charge < -0.3 is 11.1 Å². The molecule has 0 radical (unpaired) electrons. The minimum atomic E-state index is -0.314. The number of nitrogens with zero attached hydrogens (tertiary/aromatic N) is 1. The molecule has 0 saturated carbocycles. The van der Waals surface area contributed by atoms with Crippen LogP contribution < -0.4 is 11.1 Å². The lowest BCUT2D eigenvalue weighted by Gasteiger charge is -2.08. The Labute approximate surface area is 128 Å². The number of nitrogen functional groups attached to an aromatic ring is 1. The third-order valence-corrected chi connectivity index (χ3v) is 3.36. The fourth-order valence-electron chi connectivity index (χ4n) is 1.40. The zero-order valence-corrected chi connectivity index (χ0v) is 12.6. The van der Waals surface area contributed by atoms with E-state index in [4.69, 9.17) is 28.9 Å². The Morgan fingerprint density at radius 2 is 1.84 bits per heavy atom. The summed E-state index contributed by atoms with van der Waals surface area (Å²) in [5.41, 5.74) is 6.78. The van der Waals surface area contributed by atoms with Gasteiger partial charge in [-0.15, -0.1) is 0 Å². The van der Waals surface area contributed by atoms with E-state index in [0.29, 0.717) is 15.7 Å². The van der Waals surface area contributed by atoms with Crippen LogP contribution in [-0.2, 0) is 0 Å². The molecule has 4 nitrogen and oxygen atoms in total. The highest BCUT2D eigenvalue weighted by Gasteiger charge is 2.10. The van der Waals surface area contributed by atoms with Crippen LogP contribution in [0.4, 0.5) is 11.4 Å². The molecule has 98 valence electrons. The number of hydrogen-bond donors (Lipinski definition) is 2. The lowest BCUT2D eigenvalue weighted by atomic mass is 10.2. The van der Waals surface area contributed by atoms with Gasteiger partial charge in [-0.2, -0.15) is 0 Å². The van der Waals surface area contributed by atoms with Crippen molar-refractivity contribution < 1.29 is 4.79 Å². The molecule has 0 fully saturated rings. The van der Waals surface area contributed by atoms with E-state index in [1.165, 1.54) is 18.3 Å². The van der Waals surface area contributed by atoms with Gasteiger partial charge in [0.05, 0.1) is 21.3 Å². The Morgan fingerprint density at radius 1 is 1.21 bits per heavy atom. The molecule has 0 aliphatic rings. The molecule has 0 spiro atoms. The van der Waals surface area contributed by atoms with E-state index >= 15 is 0 Å². The minimum absolute atomic E-state index is 0.283. The van der Waals surface area contributed by atoms with Gasteiger partial charge in [0.15, 0.2) is 0 Å². The van der Waals surface area contributed by atoms with Crippen molar-refractivity contribution in [1.82, 2.24) is 4.98 Å². The Balaban J connectivity index is 2.24. The van der Waals surface area contributed by atoms with E-state index < -0.39 is 0 Å². The number of hydrogen-bond acceptors (Lipinski definition) is 3. The molecular formula is C12H8BrCl2N3O. The first-order valence-electron chi connectivity index (χ1n) is 5.14. The van der Waals surface area contributed by atoms with Gasteiger partial charge in [-0.05, 0) is 34.1 Å². The van der Waals surface area contributed by atoms with Crippen molar-refractivity contribution in [1.29, 1.82) is 0 Å². The summed E-state index contributed by atoms with van der Waals surface area (Å²) >= 11 is 15.0. The van der Waals surface area contributed by atoms with Gasteiger partial charge in [0.1, 0.15) is 0 Å². The summed E-state index contributed by atoms with van der Waals surface area (Å²) in [4.78, 5) is 15.9. The maximum Gasteiger partial charge on any atom is 0.257 e. The van der Waals surface area contributed by atoms with Crippen molar-refractivity contribution in [3.05, 3.63) is 50.7 Å². The van der Waals surface area contributed by atoms with Crippen LogP contribution in [0.1, 0.15) is 10.4 Å². The standard InChI is InChI=1S/C12H8BrCl2N3O/c13-7-1-6(4-17-5-7)12(19)18-8-2-9(14)11(16)10(15)3-8/h1-5H,16H2,(H,18,19). The Hall–Kier alpha value is -1.30. The van der Waals surface area contributed by atoms with Crippen molar-refractivity contribution in [3.8, 4) is 0 Å². The van der Waals surface area contributed by atoms with Crippen molar-refractivity contribution >= 4 is 56.4 Å². The first-order chi connectivity index (χ1) is 8.97. The molecule has 0 atom stereocenters. The molecule has 1 heterocycles. The maximum atomic E-state index is 12.0. The first kappa shape index (κ1) is 14.1. The molecule has 1 amide bonds. The summed E-state index contributed by atoms with van der Waals surface area (Å²) in [6, 6.07) is 4.72. The highest BCUT2D eigenvalue weighted by molar-refractivity contribution is 9.10. The Kier molecular flexibility index (Phi) is 4.29. The second-order valence-electron chi connectivity index (χ2n) is 3.70. The first-order valence-corrected chi connectivity index (χ1v) is 6.68. The topological polar surface area (TPSA) is 68.0 Å². The fourth-order valence-corrected chi connectivity index (χ4v) is 2.25. The van der Waals surface area contributed by atoms with Crippen LogP contribution in [0.5, 0.6) is 0 Å². The number of nitrogens with one attached hydrogen (secondary N) is 1. The van der Waals surface area contributed by atoms with E-state index in [1.807, 2.05) is 0 Å². The Bertz CT molecular complexity index is 626. The minimum Gasteiger partial charge on any atom is -0.396 e. The number of halogens is 3. The van der Waals surface area contributed by atoms with E-state index in [0.717, 1.165) is 0 Å². The van der Waals surface area contributed by atoms with E-state index in [1.54, 1.807) is 12.3 Å². The maximum absolute atomic E-state index is 12.0. The predicted octanol–water partition coefficient (Wildman–Crippen LogP) is 3.99. The van der Waals surface area contributed by atoms with Gasteiger partial charge in [0.2, 0.25) is 0 Å². The molecule has 0 unspecified atom stereocenters. The number of carbonyl (C=O) groups excluding carboxylic acids is 1. The molecule has 1 aromatic heterocycles. The smallest absolute Gasteiger partial charge is 0.257 e. The van der Waals surface area contributed by atoms with Crippen molar-refractivity contribution in [2.24, 2.45) is 0 Å². The number of benzene rings is 1. The van der Waals surface area contributed by atoms with Crippen LogP contribution in [-0.4, -0.2) is 10.9 Å². The van der Waals surface area contributed by atoms with Crippen molar-refractivity contribution in [2.45, 2.75) is 0 Å². The predicted molar refractivity (Wildman–Crippen MR) is 80.8 cm³/mol. The van der Waals surface area contributed by atoms with Gasteiger partial charge in [-0.25, -0.2) is 0 Å². The highest BCUT2D eigenvalue weighted by atomic mass is 79.9. The lowest BCUT2D eigenvalue weighted by molar-refractivity contribution is 0.102. The molecular weight excluding hydrogens is 353 g/mol. The van der Waals surface area contributed by atoms with Crippen molar-refractivity contribution in [2.75, 3.05) is 11.1 Å². The summed E-state index contributed by atoms with van der Waals surface area (Å²) in [5, 5.41) is 3.24. The van der Waals surface area contributed by atoms with Crippen molar-refractivity contribution in [3.63, 3.8) is 0 Å². The second-order valence-corrected chi connectivity index (χ2v) is 5.43. The molecule has 0 aliphatic heterocycles. The van der Waals surface area contributed by atoms with Crippen LogP contribution in [0.2, 0.25) is 10.0 Å². The third kappa shape index (κ3) is 3.37. The normalized spacial score (nSPS) is 10.3. The number of amides is 1. The summed E-state index contributed by atoms with van der Waals surface area (Å²) in [6.07, 6.45) is 3.05. The number of anilines is 2. The number of carbonyl (C=O) groups is 1. The average molecular weight is 361 g/mol. The average Bonchev–Trinajstić information content (AvgIpc) is 2.36. The third-order valence-electron chi connectivity index (χ3n) is 2.30. The molecule has 0 bridgehead atoms. The van der Waals surface area contributed by atoms with Gasteiger partial charge in [-0.3, -0.25) is 9.78 Å². The largest absolute Gasteiger partial charge is 0.396 e. The van der Waals surface area contributed by atoms with Gasteiger partial charge in [0.25, 0.3) is 5.91 Å². The molecule has 0 aliphatic carbocycles. The van der Waals surface area contributed by atoms with Crippen LogP contribution in [0.15, 0.2) is 35.1 Å². The SMILES string of the molecule is Nc1c(Cl)cc(NC(=O)c2cncc(Br)c2)cc1Cl. The van der Waals surface area contributed by atoms with E-state index in [-0.39, 0.29) is 21.6 Å². The molecule has 0 saturated heterocycles. The van der Waals surface area contributed by atoms with E-state index in [9.17, 15) is 4.79 Å². The molecule has 2 rings (SSSR count). The zero-order chi connectivity index (χ0) is 14.0. The number of nitrogens with two attached hydrogens (primary N) is 1. The summed E-state index contributed by atoms with van der Waals surface area (Å²) < 4.78 is 0.716. The second kappa shape index (κ2) is 5.77. The Morgan fingerprint density at radius 3 is 2.42 bits per heavy atom. The monoisotopic (exact) mass is 359 g/mol. The van der Waals surface area contributed by atoms with Crippen LogP contribution in [0, 0.1) is 0 Å². The zero-order valence-electron chi connectivity index (χ0n) is 9.45. The molecule has 3 N–H and O–H groups in total. The van der Waals surface area contributed by atoms with Gasteiger partial charge >= 0.3 is 0 Å². The van der Waals surface area contributed by atoms with Gasteiger partial charge in [0, 0.05) is 22.6 Å². The quantitative estimate of drug-likeness (QED) is 0.795. The number of rotatable bonds is 2. The van der Waals surface area contributed by atoms with Crippen LogP contribution in [0.3, 0.4) is 0 Å². The molecule has 19 heavy (non-hydrogen) atoms. The molecule has 1 aromatic carbocycles. The summed E-state index contributed by atoms with van der Waals surface area (Å²) in [5.74, 6) is -0.314. The van der Waals surface area contributed by atoms with Gasteiger partial charge in [-0.1, -0.05) is 23.2 Å². The summed E-state index contributed by atoms with van der Waals surface area (Å²) in [6.45, 7) is 0. The van der Waals surface area contributed by atoms with E-state index in [2.05, 4.69) is 26.2 Å². The number of pyridine rings is 1.